The molecule has 2 rings (SSSR count). The van der Waals surface area contributed by atoms with E-state index in [1.54, 1.807) is 6.20 Å². The summed E-state index contributed by atoms with van der Waals surface area (Å²) in [5, 5.41) is 4.38. The summed E-state index contributed by atoms with van der Waals surface area (Å²) < 4.78 is 5.48. The Morgan fingerprint density at radius 1 is 1.43 bits per heavy atom. The Balaban J connectivity index is 2.15. The average Bonchev–Trinajstić information content (AvgIpc) is 2.50. The van der Waals surface area contributed by atoms with Crippen molar-refractivity contribution in [2.24, 2.45) is 0 Å². The number of nitrogens with one attached hydrogen (secondary N) is 1. The van der Waals surface area contributed by atoms with Crippen LogP contribution in [0.5, 0.6) is 0 Å². The molecular weight excluding hydrogens is 286 g/mol. The minimum atomic E-state index is 0.0480. The highest BCUT2D eigenvalue weighted by Gasteiger charge is 2.36. The summed E-state index contributed by atoms with van der Waals surface area (Å²) in [6.45, 7) is 11.3. The number of hydrogen-bond acceptors (Lipinski definition) is 4. The number of morpholine rings is 1. The van der Waals surface area contributed by atoms with Gasteiger partial charge in [0, 0.05) is 37.1 Å². The lowest BCUT2D eigenvalue weighted by atomic mass is 9.87. The van der Waals surface area contributed by atoms with Crippen molar-refractivity contribution in [2.75, 3.05) is 32.8 Å². The molecule has 0 bridgehead atoms. The summed E-state index contributed by atoms with van der Waals surface area (Å²) in [6.07, 6.45) is 4.44. The van der Waals surface area contributed by atoms with Gasteiger partial charge < -0.3 is 10.1 Å². The second-order valence-electron chi connectivity index (χ2n) is 6.03. The van der Waals surface area contributed by atoms with E-state index < -0.39 is 0 Å². The highest BCUT2D eigenvalue weighted by Crippen LogP contribution is 2.25. The fraction of sp³-hybridized carbons (Fsp3) is 0.688. The van der Waals surface area contributed by atoms with Gasteiger partial charge in [-0.3, -0.25) is 9.88 Å². The van der Waals surface area contributed by atoms with Gasteiger partial charge in [-0.1, -0.05) is 18.5 Å². The number of halogens is 1. The third-order valence-electron chi connectivity index (χ3n) is 4.41. The number of pyridine rings is 1. The summed E-state index contributed by atoms with van der Waals surface area (Å²) in [7, 11) is 0. The summed E-state index contributed by atoms with van der Waals surface area (Å²) in [5.41, 5.74) is 1.20. The molecule has 1 fully saturated rings. The lowest BCUT2D eigenvalue weighted by Crippen LogP contribution is -2.61. The fourth-order valence-electron chi connectivity index (χ4n) is 2.97. The predicted octanol–water partition coefficient (Wildman–Crippen LogP) is 2.37. The van der Waals surface area contributed by atoms with Crippen molar-refractivity contribution in [1.82, 2.24) is 15.2 Å². The van der Waals surface area contributed by atoms with Crippen molar-refractivity contribution < 1.29 is 4.74 Å². The first-order valence-corrected chi connectivity index (χ1v) is 8.08. The number of nitrogens with zero attached hydrogens (tertiary/aromatic N) is 2. The molecule has 1 N–H and O–H groups in total. The van der Waals surface area contributed by atoms with E-state index in [9.17, 15) is 0 Å². The van der Waals surface area contributed by atoms with Crippen LogP contribution in [-0.4, -0.2) is 54.3 Å². The zero-order valence-corrected chi connectivity index (χ0v) is 14.0. The van der Waals surface area contributed by atoms with E-state index >= 15 is 0 Å². The van der Waals surface area contributed by atoms with Gasteiger partial charge in [0.1, 0.15) is 0 Å². The Morgan fingerprint density at radius 2 is 2.14 bits per heavy atom. The standard InChI is InChI=1S/C16H26ClN3O/c1-4-19-15(11-13-5-6-18-12-14(13)17)16(2,3)20-7-9-21-10-8-20/h5-6,12,15,19H,4,7-11H2,1-3H3. The lowest BCUT2D eigenvalue weighted by Gasteiger charge is -2.46. The highest BCUT2D eigenvalue weighted by atomic mass is 35.5. The molecular formula is C16H26ClN3O. The van der Waals surface area contributed by atoms with Crippen molar-refractivity contribution in [3.63, 3.8) is 0 Å². The van der Waals surface area contributed by atoms with E-state index in [1.165, 1.54) is 0 Å². The smallest absolute Gasteiger partial charge is 0.0621 e. The highest BCUT2D eigenvalue weighted by molar-refractivity contribution is 6.31. The van der Waals surface area contributed by atoms with E-state index in [1.807, 2.05) is 12.3 Å². The van der Waals surface area contributed by atoms with Crippen LogP contribution in [-0.2, 0) is 11.2 Å². The van der Waals surface area contributed by atoms with Gasteiger partial charge in [0.05, 0.1) is 18.2 Å². The van der Waals surface area contributed by atoms with Gasteiger partial charge in [-0.15, -0.1) is 0 Å². The topological polar surface area (TPSA) is 37.4 Å². The number of rotatable bonds is 6. The van der Waals surface area contributed by atoms with Gasteiger partial charge in [-0.25, -0.2) is 0 Å². The van der Waals surface area contributed by atoms with Crippen molar-refractivity contribution in [3.8, 4) is 0 Å². The average molecular weight is 312 g/mol. The SMILES string of the molecule is CCNC(Cc1ccncc1Cl)C(C)(C)N1CCOCC1. The largest absolute Gasteiger partial charge is 0.379 e. The maximum absolute atomic E-state index is 6.28. The minimum Gasteiger partial charge on any atom is -0.379 e. The van der Waals surface area contributed by atoms with Gasteiger partial charge in [-0.2, -0.15) is 0 Å². The molecule has 1 aliphatic heterocycles. The maximum atomic E-state index is 6.28. The molecule has 0 saturated carbocycles. The van der Waals surface area contributed by atoms with Crippen LogP contribution < -0.4 is 5.32 Å². The lowest BCUT2D eigenvalue weighted by molar-refractivity contribution is -0.0230. The Morgan fingerprint density at radius 3 is 2.76 bits per heavy atom. The van der Waals surface area contributed by atoms with Crippen molar-refractivity contribution in [1.29, 1.82) is 0 Å². The normalized spacial score (nSPS) is 18.7. The predicted molar refractivity (Wildman–Crippen MR) is 86.9 cm³/mol. The first kappa shape index (κ1) is 16.7. The summed E-state index contributed by atoms with van der Waals surface area (Å²) in [6, 6.07) is 2.35. The molecule has 0 amide bonds. The van der Waals surface area contributed by atoms with Crippen LogP contribution >= 0.6 is 11.6 Å². The second kappa shape index (κ2) is 7.54. The molecule has 1 aliphatic rings. The third kappa shape index (κ3) is 4.16. The monoisotopic (exact) mass is 311 g/mol. The molecule has 2 heterocycles. The van der Waals surface area contributed by atoms with Gasteiger partial charge in [0.15, 0.2) is 0 Å². The molecule has 4 nitrogen and oxygen atoms in total. The number of aromatic nitrogens is 1. The van der Waals surface area contributed by atoms with Crippen LogP contribution in [0.2, 0.25) is 5.02 Å². The molecule has 0 spiro atoms. The van der Waals surface area contributed by atoms with Crippen molar-refractivity contribution >= 4 is 11.6 Å². The Labute approximate surface area is 132 Å². The molecule has 1 aromatic rings. The molecule has 21 heavy (non-hydrogen) atoms. The van der Waals surface area contributed by atoms with Gasteiger partial charge in [0.25, 0.3) is 0 Å². The summed E-state index contributed by atoms with van der Waals surface area (Å²) in [5.74, 6) is 0. The van der Waals surface area contributed by atoms with Crippen LogP contribution in [0.4, 0.5) is 0 Å². The quantitative estimate of drug-likeness (QED) is 0.875. The Kier molecular flexibility index (Phi) is 5.99. The van der Waals surface area contributed by atoms with E-state index in [0.29, 0.717) is 6.04 Å². The fourth-order valence-corrected chi connectivity index (χ4v) is 3.16. The molecule has 0 radical (unpaired) electrons. The van der Waals surface area contributed by atoms with Gasteiger partial charge in [-0.05, 0) is 38.4 Å². The maximum Gasteiger partial charge on any atom is 0.0621 e. The van der Waals surface area contributed by atoms with Gasteiger partial charge >= 0.3 is 0 Å². The van der Waals surface area contributed by atoms with Crippen LogP contribution in [0.1, 0.15) is 26.3 Å². The van der Waals surface area contributed by atoms with Crippen molar-refractivity contribution in [3.05, 3.63) is 29.0 Å². The zero-order chi connectivity index (χ0) is 15.3. The van der Waals surface area contributed by atoms with E-state index in [0.717, 1.165) is 49.9 Å². The second-order valence-corrected chi connectivity index (χ2v) is 6.44. The molecule has 1 atom stereocenters. The van der Waals surface area contributed by atoms with Crippen LogP contribution in [0, 0.1) is 0 Å². The number of likely N-dealkylation sites (N-methyl/N-ethyl adjacent to an activating group) is 1. The number of hydrogen-bond donors (Lipinski definition) is 1. The first-order valence-electron chi connectivity index (χ1n) is 7.70. The number of ether oxygens (including phenoxy) is 1. The molecule has 5 heteroatoms. The van der Waals surface area contributed by atoms with Crippen LogP contribution in [0.15, 0.2) is 18.5 Å². The third-order valence-corrected chi connectivity index (χ3v) is 4.75. The van der Waals surface area contributed by atoms with Crippen LogP contribution in [0.25, 0.3) is 0 Å². The van der Waals surface area contributed by atoms with Gasteiger partial charge in [0.2, 0.25) is 0 Å². The van der Waals surface area contributed by atoms with Crippen molar-refractivity contribution in [2.45, 2.75) is 38.8 Å². The molecule has 118 valence electrons. The molecule has 0 aromatic carbocycles. The summed E-state index contributed by atoms with van der Waals surface area (Å²) >= 11 is 6.28. The minimum absolute atomic E-state index is 0.0480. The van der Waals surface area contributed by atoms with E-state index in [4.69, 9.17) is 16.3 Å². The molecule has 1 aromatic heterocycles. The summed E-state index contributed by atoms with van der Waals surface area (Å²) in [4.78, 5) is 6.58. The first-order chi connectivity index (χ1) is 10.1. The molecule has 0 aliphatic carbocycles. The van der Waals surface area contributed by atoms with E-state index in [-0.39, 0.29) is 5.54 Å². The Hall–Kier alpha value is -0.680. The Bertz CT molecular complexity index is 447. The molecule has 1 saturated heterocycles. The molecule has 1 unspecified atom stereocenters. The van der Waals surface area contributed by atoms with Crippen LogP contribution in [0.3, 0.4) is 0 Å². The zero-order valence-electron chi connectivity index (χ0n) is 13.2. The van der Waals surface area contributed by atoms with E-state index in [2.05, 4.69) is 36.0 Å².